The highest BCUT2D eigenvalue weighted by Gasteiger charge is 2.27. The van der Waals surface area contributed by atoms with Gasteiger partial charge < -0.3 is 14.3 Å². The normalized spacial score (nSPS) is 12.5. The van der Waals surface area contributed by atoms with Crippen molar-refractivity contribution in [1.82, 2.24) is 4.90 Å². The van der Waals surface area contributed by atoms with Crippen molar-refractivity contribution in [1.29, 1.82) is 0 Å². The Hall–Kier alpha value is -2.04. The molecule has 0 N–H and O–H groups in total. The van der Waals surface area contributed by atoms with E-state index in [9.17, 15) is 9.59 Å². The van der Waals surface area contributed by atoms with Crippen LogP contribution in [0.5, 0.6) is 5.75 Å². The molecule has 116 valence electrons. The van der Waals surface area contributed by atoms with Gasteiger partial charge in [0, 0.05) is 7.05 Å². The van der Waals surface area contributed by atoms with Gasteiger partial charge in [-0.3, -0.25) is 4.90 Å². The Morgan fingerprint density at radius 2 is 1.95 bits per heavy atom. The van der Waals surface area contributed by atoms with E-state index in [4.69, 9.17) is 9.47 Å². The topological polar surface area (TPSA) is 55.8 Å². The average Bonchev–Trinajstić information content (AvgIpc) is 2.39. The molecule has 1 aromatic rings. The molecule has 0 saturated heterocycles. The Kier molecular flexibility index (Phi) is 5.35. The number of ether oxygens (including phenoxy) is 2. The molecule has 0 aliphatic rings. The summed E-state index contributed by atoms with van der Waals surface area (Å²) in [7, 11) is 3.12. The molecule has 1 aromatic carbocycles. The van der Waals surface area contributed by atoms with E-state index in [1.807, 2.05) is 13.0 Å². The SMILES string of the molecule is COc1cccc(C(C=O)N(C)C(=O)OC(C)(C)C)c1C. The molecule has 1 rings (SSSR count). The monoisotopic (exact) mass is 293 g/mol. The largest absolute Gasteiger partial charge is 0.496 e. The minimum absolute atomic E-state index is 0.540. The van der Waals surface area contributed by atoms with Crippen LogP contribution in [-0.2, 0) is 9.53 Å². The molecule has 0 aliphatic carbocycles. The maximum atomic E-state index is 12.1. The Labute approximate surface area is 125 Å². The molecule has 0 radical (unpaired) electrons. The second-order valence-corrected chi connectivity index (χ2v) is 5.85. The molecule has 0 bridgehead atoms. The van der Waals surface area contributed by atoms with Gasteiger partial charge in [0.2, 0.25) is 0 Å². The van der Waals surface area contributed by atoms with Crippen molar-refractivity contribution >= 4 is 12.4 Å². The van der Waals surface area contributed by atoms with E-state index in [0.717, 1.165) is 17.4 Å². The quantitative estimate of drug-likeness (QED) is 0.800. The molecular weight excluding hydrogens is 270 g/mol. The van der Waals surface area contributed by atoms with Crippen LogP contribution in [0.3, 0.4) is 0 Å². The summed E-state index contributed by atoms with van der Waals surface area (Å²) >= 11 is 0. The summed E-state index contributed by atoms with van der Waals surface area (Å²) < 4.78 is 10.5. The number of carbonyl (C=O) groups is 2. The Morgan fingerprint density at radius 3 is 2.43 bits per heavy atom. The first-order valence-electron chi connectivity index (χ1n) is 6.76. The predicted molar refractivity (Wildman–Crippen MR) is 80.5 cm³/mol. The van der Waals surface area contributed by atoms with Gasteiger partial charge >= 0.3 is 6.09 Å². The number of benzene rings is 1. The fourth-order valence-corrected chi connectivity index (χ4v) is 1.99. The van der Waals surface area contributed by atoms with E-state index in [2.05, 4.69) is 0 Å². The third kappa shape index (κ3) is 4.21. The van der Waals surface area contributed by atoms with Crippen molar-refractivity contribution in [2.45, 2.75) is 39.3 Å². The third-order valence-corrected chi connectivity index (χ3v) is 3.09. The van der Waals surface area contributed by atoms with Crippen LogP contribution < -0.4 is 4.74 Å². The molecule has 0 fully saturated rings. The third-order valence-electron chi connectivity index (χ3n) is 3.09. The summed E-state index contributed by atoms with van der Waals surface area (Å²) in [6.07, 6.45) is 0.188. The van der Waals surface area contributed by atoms with Gasteiger partial charge in [0.25, 0.3) is 0 Å². The zero-order valence-corrected chi connectivity index (χ0v) is 13.5. The second kappa shape index (κ2) is 6.61. The van der Waals surface area contributed by atoms with Crippen LogP contribution in [0.1, 0.15) is 37.9 Å². The van der Waals surface area contributed by atoms with E-state index < -0.39 is 17.7 Å². The van der Waals surface area contributed by atoms with Crippen molar-refractivity contribution in [2.24, 2.45) is 0 Å². The van der Waals surface area contributed by atoms with E-state index in [1.54, 1.807) is 47.1 Å². The number of hydrogen-bond donors (Lipinski definition) is 0. The van der Waals surface area contributed by atoms with Crippen LogP contribution in [0.4, 0.5) is 4.79 Å². The first kappa shape index (κ1) is 17.0. The minimum atomic E-state index is -0.713. The summed E-state index contributed by atoms with van der Waals surface area (Å²) in [5.74, 6) is 0.678. The maximum Gasteiger partial charge on any atom is 0.410 e. The van der Waals surface area contributed by atoms with Crippen LogP contribution in [0.15, 0.2) is 18.2 Å². The second-order valence-electron chi connectivity index (χ2n) is 5.85. The fraction of sp³-hybridized carbons (Fsp3) is 0.500. The summed E-state index contributed by atoms with van der Waals surface area (Å²) in [5.41, 5.74) is 0.938. The highest BCUT2D eigenvalue weighted by Crippen LogP contribution is 2.28. The van der Waals surface area contributed by atoms with Crippen molar-refractivity contribution in [3.8, 4) is 5.75 Å². The lowest BCUT2D eigenvalue weighted by Crippen LogP contribution is -2.37. The van der Waals surface area contributed by atoms with Gasteiger partial charge in [-0.15, -0.1) is 0 Å². The maximum absolute atomic E-state index is 12.1. The molecule has 1 atom stereocenters. The standard InChI is InChI=1S/C16H23NO4/c1-11-12(8-7-9-14(11)20-6)13(10-18)17(5)15(19)21-16(2,3)4/h7-10,13H,1-6H3. The minimum Gasteiger partial charge on any atom is -0.496 e. The van der Waals surface area contributed by atoms with Gasteiger partial charge in [0.15, 0.2) is 0 Å². The lowest BCUT2D eigenvalue weighted by molar-refractivity contribution is -0.112. The number of likely N-dealkylation sites (N-methyl/N-ethyl adjacent to an activating group) is 1. The van der Waals surface area contributed by atoms with Gasteiger partial charge in [-0.05, 0) is 44.9 Å². The Morgan fingerprint density at radius 1 is 1.33 bits per heavy atom. The average molecular weight is 293 g/mol. The summed E-state index contributed by atoms with van der Waals surface area (Å²) in [6, 6.07) is 4.70. The Balaban J connectivity index is 3.08. The summed E-state index contributed by atoms with van der Waals surface area (Å²) in [5, 5.41) is 0. The van der Waals surface area contributed by atoms with Gasteiger partial charge in [-0.1, -0.05) is 12.1 Å². The van der Waals surface area contributed by atoms with Gasteiger partial charge in [0.1, 0.15) is 23.7 Å². The summed E-state index contributed by atoms with van der Waals surface area (Å²) in [4.78, 5) is 24.9. The van der Waals surface area contributed by atoms with Crippen molar-refractivity contribution in [3.05, 3.63) is 29.3 Å². The number of carbonyl (C=O) groups excluding carboxylic acids is 2. The predicted octanol–water partition coefficient (Wildman–Crippen LogP) is 3.11. The molecule has 1 amide bonds. The molecular formula is C16H23NO4. The highest BCUT2D eigenvalue weighted by molar-refractivity contribution is 5.75. The number of nitrogens with zero attached hydrogens (tertiary/aromatic N) is 1. The van der Waals surface area contributed by atoms with Crippen LogP contribution in [-0.4, -0.2) is 37.0 Å². The van der Waals surface area contributed by atoms with Crippen LogP contribution in [0.2, 0.25) is 0 Å². The van der Waals surface area contributed by atoms with E-state index in [-0.39, 0.29) is 0 Å². The van der Waals surface area contributed by atoms with Gasteiger partial charge in [-0.2, -0.15) is 0 Å². The molecule has 5 nitrogen and oxygen atoms in total. The molecule has 1 unspecified atom stereocenters. The highest BCUT2D eigenvalue weighted by atomic mass is 16.6. The van der Waals surface area contributed by atoms with Gasteiger partial charge in [-0.25, -0.2) is 4.79 Å². The Bertz CT molecular complexity index is 519. The van der Waals surface area contributed by atoms with E-state index >= 15 is 0 Å². The number of methoxy groups -OCH3 is 1. The number of rotatable bonds is 4. The van der Waals surface area contributed by atoms with Crippen molar-refractivity contribution in [2.75, 3.05) is 14.2 Å². The van der Waals surface area contributed by atoms with E-state index in [0.29, 0.717) is 5.75 Å². The van der Waals surface area contributed by atoms with Crippen molar-refractivity contribution in [3.63, 3.8) is 0 Å². The molecule has 0 spiro atoms. The fourth-order valence-electron chi connectivity index (χ4n) is 1.99. The molecule has 0 saturated carbocycles. The molecule has 5 heteroatoms. The van der Waals surface area contributed by atoms with Crippen molar-refractivity contribution < 1.29 is 19.1 Å². The molecule has 0 aliphatic heterocycles. The molecule has 0 heterocycles. The lowest BCUT2D eigenvalue weighted by Gasteiger charge is -2.29. The van der Waals surface area contributed by atoms with E-state index in [1.165, 1.54) is 4.90 Å². The van der Waals surface area contributed by atoms with Gasteiger partial charge in [0.05, 0.1) is 7.11 Å². The smallest absolute Gasteiger partial charge is 0.410 e. The van der Waals surface area contributed by atoms with Crippen LogP contribution >= 0.6 is 0 Å². The van der Waals surface area contributed by atoms with Crippen LogP contribution in [0.25, 0.3) is 0 Å². The number of amides is 1. The number of hydrogen-bond acceptors (Lipinski definition) is 4. The molecule has 0 aromatic heterocycles. The lowest BCUT2D eigenvalue weighted by atomic mass is 10.0. The molecule has 21 heavy (non-hydrogen) atoms. The van der Waals surface area contributed by atoms with Crippen LogP contribution in [0, 0.1) is 6.92 Å². The summed E-state index contributed by atoms with van der Waals surface area (Å²) in [6.45, 7) is 7.20. The zero-order chi connectivity index (χ0) is 16.2. The zero-order valence-electron chi connectivity index (χ0n) is 13.5. The number of aldehydes is 1. The first-order chi connectivity index (χ1) is 9.71. The first-order valence-corrected chi connectivity index (χ1v) is 6.76.